The average molecular weight is 580 g/mol. The van der Waals surface area contributed by atoms with Gasteiger partial charge in [-0.15, -0.1) is 0 Å². The van der Waals surface area contributed by atoms with Gasteiger partial charge in [0.1, 0.15) is 0 Å². The highest BCUT2D eigenvalue weighted by atomic mass is 15.2. The second kappa shape index (κ2) is 11.7. The highest BCUT2D eigenvalue weighted by Gasteiger charge is 2.30. The molecular weight excluding hydrogens is 546 g/mol. The summed E-state index contributed by atoms with van der Waals surface area (Å²) in [6.45, 7) is 0. The first-order chi connectivity index (χ1) is 22.4. The summed E-state index contributed by atoms with van der Waals surface area (Å²) in [6, 6.07) is 58.7. The van der Waals surface area contributed by atoms with Crippen molar-refractivity contribution in [1.29, 1.82) is 0 Å². The van der Waals surface area contributed by atoms with Crippen molar-refractivity contribution in [3.63, 3.8) is 0 Å². The Hall–Kier alpha value is -5.80. The van der Waals surface area contributed by atoms with E-state index < -0.39 is 0 Å². The van der Waals surface area contributed by atoms with Crippen LogP contribution in [0.3, 0.4) is 0 Å². The molecule has 1 unspecified atom stereocenters. The summed E-state index contributed by atoms with van der Waals surface area (Å²) in [4.78, 5) is 4.91. The number of allylic oxidation sites excluding steroid dienone is 2. The summed E-state index contributed by atoms with van der Waals surface area (Å²) >= 11 is 0. The summed E-state index contributed by atoms with van der Waals surface area (Å²) in [6.07, 6.45) is 7.63. The summed E-state index contributed by atoms with van der Waals surface area (Å²) < 4.78 is 2.40. The fraction of sp³-hybridized carbons (Fsp3) is 0.0476. The molecule has 1 aliphatic carbocycles. The Morgan fingerprint density at radius 1 is 0.489 bits per heavy atom. The van der Waals surface area contributed by atoms with Gasteiger partial charge in [-0.25, -0.2) is 0 Å². The van der Waals surface area contributed by atoms with Crippen LogP contribution in [-0.2, 0) is 0 Å². The van der Waals surface area contributed by atoms with Gasteiger partial charge in [0.25, 0.3) is 0 Å². The van der Waals surface area contributed by atoms with E-state index in [1.54, 1.807) is 0 Å². The van der Waals surface area contributed by atoms with E-state index in [4.69, 9.17) is 0 Å². The predicted octanol–water partition coefficient (Wildman–Crippen LogP) is 11.0. The summed E-state index contributed by atoms with van der Waals surface area (Å²) in [7, 11) is 0. The molecule has 6 aromatic carbocycles. The molecular formula is C42H33N3. The van der Waals surface area contributed by atoms with E-state index in [9.17, 15) is 0 Å². The minimum absolute atomic E-state index is 0.0474. The van der Waals surface area contributed by atoms with Gasteiger partial charge in [-0.3, -0.25) is 0 Å². The first-order valence-corrected chi connectivity index (χ1v) is 15.6. The van der Waals surface area contributed by atoms with Crippen molar-refractivity contribution < 1.29 is 0 Å². The summed E-state index contributed by atoms with van der Waals surface area (Å²) in [5.74, 6) is 0. The molecule has 45 heavy (non-hydrogen) atoms. The quantitative estimate of drug-likeness (QED) is 0.186. The number of benzene rings is 6. The number of para-hydroxylation sites is 5. The molecule has 1 heterocycles. The minimum Gasteiger partial charge on any atom is -0.332 e. The number of rotatable bonds is 7. The third-order valence-electron chi connectivity index (χ3n) is 8.68. The van der Waals surface area contributed by atoms with Crippen LogP contribution in [0.1, 0.15) is 6.42 Å². The van der Waals surface area contributed by atoms with Crippen molar-refractivity contribution in [3.05, 3.63) is 188 Å². The second-order valence-electron chi connectivity index (χ2n) is 11.4. The Balaban J connectivity index is 1.31. The number of fused-ring (bicyclic) bond motifs is 3. The van der Waals surface area contributed by atoms with E-state index in [1.807, 2.05) is 0 Å². The molecule has 0 N–H and O–H groups in total. The molecule has 0 saturated carbocycles. The molecule has 1 aromatic heterocycles. The monoisotopic (exact) mass is 579 g/mol. The van der Waals surface area contributed by atoms with Crippen LogP contribution in [0.5, 0.6) is 0 Å². The number of aromatic nitrogens is 1. The van der Waals surface area contributed by atoms with Crippen molar-refractivity contribution >= 4 is 44.6 Å². The molecule has 7 aromatic rings. The lowest BCUT2D eigenvalue weighted by atomic mass is 9.98. The molecule has 0 radical (unpaired) electrons. The Bertz CT molecular complexity index is 2050. The van der Waals surface area contributed by atoms with Crippen LogP contribution >= 0.6 is 0 Å². The number of hydrogen-bond donors (Lipinski definition) is 0. The highest BCUT2D eigenvalue weighted by molar-refractivity contribution is 6.09. The Morgan fingerprint density at radius 2 is 1.00 bits per heavy atom. The zero-order valence-corrected chi connectivity index (χ0v) is 24.9. The average Bonchev–Trinajstić information content (AvgIpc) is 3.45. The van der Waals surface area contributed by atoms with Crippen molar-refractivity contribution in [2.75, 3.05) is 9.80 Å². The molecule has 1 atom stereocenters. The third kappa shape index (κ3) is 4.89. The van der Waals surface area contributed by atoms with Gasteiger partial charge < -0.3 is 14.4 Å². The number of anilines is 4. The lowest BCUT2D eigenvalue weighted by Crippen LogP contribution is -2.39. The molecule has 0 spiro atoms. The van der Waals surface area contributed by atoms with Gasteiger partial charge >= 0.3 is 0 Å². The molecule has 0 bridgehead atoms. The van der Waals surface area contributed by atoms with Gasteiger partial charge in [0.15, 0.2) is 0 Å². The Kier molecular flexibility index (Phi) is 6.97. The maximum atomic E-state index is 2.51. The smallest absolute Gasteiger partial charge is 0.0781 e. The van der Waals surface area contributed by atoms with Crippen LogP contribution in [0, 0.1) is 0 Å². The normalized spacial score (nSPS) is 14.4. The van der Waals surface area contributed by atoms with Crippen LogP contribution in [0.4, 0.5) is 22.7 Å². The zero-order chi connectivity index (χ0) is 30.0. The topological polar surface area (TPSA) is 11.4 Å². The third-order valence-corrected chi connectivity index (χ3v) is 8.68. The molecule has 0 saturated heterocycles. The van der Waals surface area contributed by atoms with E-state index in [-0.39, 0.29) is 6.04 Å². The van der Waals surface area contributed by atoms with Gasteiger partial charge in [-0.2, -0.15) is 0 Å². The fourth-order valence-corrected chi connectivity index (χ4v) is 6.75. The maximum absolute atomic E-state index is 2.51. The van der Waals surface area contributed by atoms with Crippen molar-refractivity contribution in [3.8, 4) is 5.69 Å². The van der Waals surface area contributed by atoms with E-state index in [0.29, 0.717) is 0 Å². The van der Waals surface area contributed by atoms with Crippen LogP contribution in [0.2, 0.25) is 0 Å². The zero-order valence-electron chi connectivity index (χ0n) is 24.9. The standard InChI is InChI=1S/C42H33N3/c1-4-17-32(18-5-1)43(33-19-6-2-7-20-33)41-29-14-15-30-42(41)44(34-21-8-3-9-22-34)35-23-16-24-36(31-35)45-39-27-12-10-25-37(39)38-26-11-13-28-40(38)45/h1-29,31,42H,30H2. The van der Waals surface area contributed by atoms with Crippen LogP contribution in [0.15, 0.2) is 188 Å². The maximum Gasteiger partial charge on any atom is 0.0781 e. The van der Waals surface area contributed by atoms with Gasteiger partial charge in [-0.1, -0.05) is 109 Å². The molecule has 1 aliphatic rings. The van der Waals surface area contributed by atoms with Crippen molar-refractivity contribution in [2.24, 2.45) is 0 Å². The van der Waals surface area contributed by atoms with Gasteiger partial charge in [-0.05, 0) is 79.2 Å². The van der Waals surface area contributed by atoms with Crippen LogP contribution in [-0.4, -0.2) is 10.6 Å². The molecule has 3 heteroatoms. The number of hydrogen-bond acceptors (Lipinski definition) is 2. The largest absolute Gasteiger partial charge is 0.332 e. The fourth-order valence-electron chi connectivity index (χ4n) is 6.75. The summed E-state index contributed by atoms with van der Waals surface area (Å²) in [5.41, 5.74) is 9.37. The van der Waals surface area contributed by atoms with E-state index in [2.05, 4.69) is 196 Å². The van der Waals surface area contributed by atoms with Crippen LogP contribution < -0.4 is 9.80 Å². The molecule has 216 valence electrons. The van der Waals surface area contributed by atoms with Gasteiger partial charge in [0, 0.05) is 44.9 Å². The summed E-state index contributed by atoms with van der Waals surface area (Å²) in [5, 5.41) is 2.53. The Morgan fingerprint density at radius 3 is 1.60 bits per heavy atom. The second-order valence-corrected chi connectivity index (χ2v) is 11.4. The highest BCUT2D eigenvalue weighted by Crippen LogP contribution is 2.40. The molecule has 0 amide bonds. The number of nitrogens with zero attached hydrogens (tertiary/aromatic N) is 3. The van der Waals surface area contributed by atoms with Gasteiger partial charge in [0.05, 0.1) is 17.1 Å². The molecule has 0 aliphatic heterocycles. The molecule has 0 fully saturated rings. The lowest BCUT2D eigenvalue weighted by molar-refractivity contribution is 0.724. The lowest BCUT2D eigenvalue weighted by Gasteiger charge is -2.41. The SMILES string of the molecule is C1=CCC(N(c2ccccc2)c2cccc(-n3c4ccccc4c4ccccc43)c2)C(N(c2ccccc2)c2ccccc2)=C1. The van der Waals surface area contributed by atoms with Crippen molar-refractivity contribution in [1.82, 2.24) is 4.57 Å². The van der Waals surface area contributed by atoms with Gasteiger partial charge in [0.2, 0.25) is 0 Å². The van der Waals surface area contributed by atoms with Crippen molar-refractivity contribution in [2.45, 2.75) is 12.5 Å². The Labute approximate surface area is 264 Å². The first kappa shape index (κ1) is 26.8. The van der Waals surface area contributed by atoms with E-state index in [0.717, 1.165) is 34.9 Å². The molecule has 3 nitrogen and oxygen atoms in total. The molecule has 8 rings (SSSR count). The van der Waals surface area contributed by atoms with Crippen LogP contribution in [0.25, 0.3) is 27.5 Å². The predicted molar refractivity (Wildman–Crippen MR) is 190 cm³/mol. The first-order valence-electron chi connectivity index (χ1n) is 15.6. The van der Waals surface area contributed by atoms with E-state index >= 15 is 0 Å². The van der Waals surface area contributed by atoms with E-state index in [1.165, 1.54) is 27.5 Å². The minimum atomic E-state index is 0.0474.